The van der Waals surface area contributed by atoms with Gasteiger partial charge in [-0.15, -0.1) is 0 Å². The van der Waals surface area contributed by atoms with Crippen LogP contribution in [0, 0.1) is 0 Å². The number of carbonyl (C=O) groups excluding carboxylic acids is 2. The highest BCUT2D eigenvalue weighted by atomic mass is 16.3. The van der Waals surface area contributed by atoms with Crippen LogP contribution in [0.15, 0.2) is 22.8 Å². The quantitative estimate of drug-likeness (QED) is 0.796. The largest absolute Gasteiger partial charge is 0.459 e. The smallest absolute Gasteiger partial charge is 0.289 e. The van der Waals surface area contributed by atoms with Crippen molar-refractivity contribution in [3.8, 4) is 0 Å². The van der Waals surface area contributed by atoms with Crippen LogP contribution in [0.2, 0.25) is 0 Å². The molecule has 0 spiro atoms. The number of amides is 2. The Morgan fingerprint density at radius 1 is 1.28 bits per heavy atom. The second-order valence-electron chi connectivity index (χ2n) is 4.38. The Hall–Kier alpha value is -1.82. The van der Waals surface area contributed by atoms with Crippen LogP contribution >= 0.6 is 0 Å². The normalized spacial score (nSPS) is 17.7. The van der Waals surface area contributed by atoms with Crippen molar-refractivity contribution < 1.29 is 14.0 Å². The van der Waals surface area contributed by atoms with Crippen molar-refractivity contribution in [2.75, 3.05) is 26.2 Å². The molecule has 2 rings (SSSR count). The third-order valence-corrected chi connectivity index (χ3v) is 3.00. The molecule has 1 aliphatic heterocycles. The van der Waals surface area contributed by atoms with E-state index in [1.165, 1.54) is 6.26 Å². The lowest BCUT2D eigenvalue weighted by molar-refractivity contribution is -0.133. The summed E-state index contributed by atoms with van der Waals surface area (Å²) in [5, 5.41) is 0. The first kappa shape index (κ1) is 12.6. The highest BCUT2D eigenvalue weighted by Gasteiger charge is 2.26. The molecule has 98 valence electrons. The van der Waals surface area contributed by atoms with E-state index in [1.54, 1.807) is 28.9 Å². The lowest BCUT2D eigenvalue weighted by Gasteiger charge is -2.35. The molecule has 2 heterocycles. The SMILES string of the molecule is C[C@H](N)C(=O)N1CCN(C(=O)c2ccco2)CC1. The molecule has 1 atom stereocenters. The minimum Gasteiger partial charge on any atom is -0.459 e. The fraction of sp³-hybridized carbons (Fsp3) is 0.500. The van der Waals surface area contributed by atoms with Crippen LogP contribution in [0.4, 0.5) is 0 Å². The molecule has 2 N–H and O–H groups in total. The van der Waals surface area contributed by atoms with Crippen molar-refractivity contribution in [3.63, 3.8) is 0 Å². The number of nitrogens with two attached hydrogens (primary N) is 1. The highest BCUT2D eigenvalue weighted by Crippen LogP contribution is 2.09. The molecule has 1 aromatic heterocycles. The third-order valence-electron chi connectivity index (χ3n) is 3.00. The molecule has 6 nitrogen and oxygen atoms in total. The molecular weight excluding hydrogens is 234 g/mol. The molecule has 0 unspecified atom stereocenters. The first-order valence-electron chi connectivity index (χ1n) is 5.96. The van der Waals surface area contributed by atoms with Crippen LogP contribution in [0.25, 0.3) is 0 Å². The maximum atomic E-state index is 12.0. The molecule has 18 heavy (non-hydrogen) atoms. The number of rotatable bonds is 2. The van der Waals surface area contributed by atoms with Crippen LogP contribution in [0.3, 0.4) is 0 Å². The summed E-state index contributed by atoms with van der Waals surface area (Å²) in [5.74, 6) is 0.134. The van der Waals surface area contributed by atoms with E-state index in [4.69, 9.17) is 10.2 Å². The third kappa shape index (κ3) is 2.53. The summed E-state index contributed by atoms with van der Waals surface area (Å²) in [5.41, 5.74) is 5.55. The van der Waals surface area contributed by atoms with Gasteiger partial charge in [0.1, 0.15) is 0 Å². The zero-order chi connectivity index (χ0) is 13.1. The van der Waals surface area contributed by atoms with Gasteiger partial charge in [0.25, 0.3) is 5.91 Å². The summed E-state index contributed by atoms with van der Waals surface area (Å²) in [6.45, 7) is 3.73. The lowest BCUT2D eigenvalue weighted by Crippen LogP contribution is -2.53. The van der Waals surface area contributed by atoms with Crippen molar-refractivity contribution in [3.05, 3.63) is 24.2 Å². The van der Waals surface area contributed by atoms with Crippen LogP contribution in [0.1, 0.15) is 17.5 Å². The van der Waals surface area contributed by atoms with E-state index in [0.717, 1.165) is 0 Å². The molecule has 1 aliphatic rings. The molecule has 1 saturated heterocycles. The van der Waals surface area contributed by atoms with Crippen LogP contribution in [-0.2, 0) is 4.79 Å². The van der Waals surface area contributed by atoms with E-state index < -0.39 is 6.04 Å². The predicted octanol–water partition coefficient (Wildman–Crippen LogP) is -0.0888. The highest BCUT2D eigenvalue weighted by molar-refractivity contribution is 5.91. The van der Waals surface area contributed by atoms with Gasteiger partial charge in [0.2, 0.25) is 5.91 Å². The summed E-state index contributed by atoms with van der Waals surface area (Å²) in [4.78, 5) is 27.0. The van der Waals surface area contributed by atoms with Gasteiger partial charge < -0.3 is 20.0 Å². The summed E-state index contributed by atoms with van der Waals surface area (Å²) < 4.78 is 5.07. The monoisotopic (exact) mass is 251 g/mol. The predicted molar refractivity (Wildman–Crippen MR) is 64.8 cm³/mol. The van der Waals surface area contributed by atoms with Crippen molar-refractivity contribution in [1.29, 1.82) is 0 Å². The van der Waals surface area contributed by atoms with E-state index >= 15 is 0 Å². The van der Waals surface area contributed by atoms with Crippen molar-refractivity contribution >= 4 is 11.8 Å². The minimum absolute atomic E-state index is 0.0694. The Bertz CT molecular complexity index is 420. The zero-order valence-electron chi connectivity index (χ0n) is 10.3. The summed E-state index contributed by atoms with van der Waals surface area (Å²) in [6, 6.07) is 2.84. The number of carbonyl (C=O) groups is 2. The Balaban J connectivity index is 1.91. The Kier molecular flexibility index (Phi) is 3.66. The Labute approximate surface area is 105 Å². The minimum atomic E-state index is -0.489. The van der Waals surface area contributed by atoms with Crippen LogP contribution in [0.5, 0.6) is 0 Å². The molecule has 0 aromatic carbocycles. The molecule has 1 aromatic rings. The molecule has 0 saturated carbocycles. The van der Waals surface area contributed by atoms with Gasteiger partial charge in [-0.05, 0) is 19.1 Å². The molecule has 0 bridgehead atoms. The molecule has 2 amide bonds. The van der Waals surface area contributed by atoms with Crippen LogP contribution in [-0.4, -0.2) is 53.8 Å². The average molecular weight is 251 g/mol. The first-order chi connectivity index (χ1) is 8.59. The van der Waals surface area contributed by atoms with Crippen molar-refractivity contribution in [2.24, 2.45) is 5.73 Å². The van der Waals surface area contributed by atoms with Gasteiger partial charge in [0.05, 0.1) is 12.3 Å². The molecule has 0 radical (unpaired) electrons. The van der Waals surface area contributed by atoms with E-state index in [9.17, 15) is 9.59 Å². The Morgan fingerprint density at radius 3 is 2.39 bits per heavy atom. The lowest BCUT2D eigenvalue weighted by atomic mass is 10.2. The standard InChI is InChI=1S/C12H17N3O3/c1-9(13)11(16)14-4-6-15(7-5-14)12(17)10-3-2-8-18-10/h2-3,8-9H,4-7,13H2,1H3/t9-/m0/s1. The van der Waals surface area contributed by atoms with Gasteiger partial charge >= 0.3 is 0 Å². The molecule has 1 fully saturated rings. The number of furan rings is 1. The van der Waals surface area contributed by atoms with Crippen molar-refractivity contribution in [2.45, 2.75) is 13.0 Å². The maximum absolute atomic E-state index is 12.0. The maximum Gasteiger partial charge on any atom is 0.289 e. The second-order valence-corrected chi connectivity index (χ2v) is 4.38. The molecule has 6 heteroatoms. The van der Waals surface area contributed by atoms with E-state index in [1.807, 2.05) is 0 Å². The average Bonchev–Trinajstić information content (AvgIpc) is 2.91. The number of hydrogen-bond acceptors (Lipinski definition) is 4. The topological polar surface area (TPSA) is 79.8 Å². The number of hydrogen-bond donors (Lipinski definition) is 1. The van der Waals surface area contributed by atoms with Gasteiger partial charge in [0.15, 0.2) is 5.76 Å². The fourth-order valence-corrected chi connectivity index (χ4v) is 1.97. The Morgan fingerprint density at radius 2 is 1.89 bits per heavy atom. The summed E-state index contributed by atoms with van der Waals surface area (Å²) in [6.07, 6.45) is 1.48. The van der Waals surface area contributed by atoms with Crippen molar-refractivity contribution in [1.82, 2.24) is 9.80 Å². The van der Waals surface area contributed by atoms with E-state index in [-0.39, 0.29) is 11.8 Å². The van der Waals surface area contributed by atoms with E-state index in [2.05, 4.69) is 0 Å². The first-order valence-corrected chi connectivity index (χ1v) is 5.96. The second kappa shape index (κ2) is 5.22. The summed E-state index contributed by atoms with van der Waals surface area (Å²) in [7, 11) is 0. The summed E-state index contributed by atoms with van der Waals surface area (Å²) >= 11 is 0. The molecule has 0 aliphatic carbocycles. The number of nitrogens with zero attached hydrogens (tertiary/aromatic N) is 2. The van der Waals surface area contributed by atoms with Gasteiger partial charge in [-0.25, -0.2) is 0 Å². The zero-order valence-corrected chi connectivity index (χ0v) is 10.3. The molecular formula is C12H17N3O3. The van der Waals surface area contributed by atoms with Gasteiger partial charge in [0, 0.05) is 26.2 Å². The van der Waals surface area contributed by atoms with E-state index in [0.29, 0.717) is 31.9 Å². The number of piperazine rings is 1. The van der Waals surface area contributed by atoms with Gasteiger partial charge in [-0.1, -0.05) is 0 Å². The van der Waals surface area contributed by atoms with Crippen LogP contribution < -0.4 is 5.73 Å². The van der Waals surface area contributed by atoms with Gasteiger partial charge in [-0.2, -0.15) is 0 Å². The van der Waals surface area contributed by atoms with Gasteiger partial charge in [-0.3, -0.25) is 9.59 Å². The fourth-order valence-electron chi connectivity index (χ4n) is 1.97.